The minimum Gasteiger partial charge on any atom is -0.325 e. The van der Waals surface area contributed by atoms with Gasteiger partial charge < -0.3 is 5.32 Å². The first-order valence-electron chi connectivity index (χ1n) is 8.86. The Labute approximate surface area is 165 Å². The number of carbonyl (C=O) groups is 2. The lowest BCUT2D eigenvalue weighted by molar-refractivity contribution is -0.115. The third-order valence-corrected chi connectivity index (χ3v) is 6.96. The van der Waals surface area contributed by atoms with Crippen molar-refractivity contribution in [2.75, 3.05) is 5.32 Å². The standard InChI is InChI=1S/C20H19N3O2S2/c1-11(24)13-5-3-6-14(9-13)23-18(25)12(2)26-19-17-15-7-4-8-16(15)27-20(17)22-10-21-19/h3,5-6,9-10,12H,4,7-8H2,1-2H3,(H,23,25). The fraction of sp³-hybridized carbons (Fsp3) is 0.300. The summed E-state index contributed by atoms with van der Waals surface area (Å²) in [5.41, 5.74) is 2.57. The Hall–Kier alpha value is -2.25. The zero-order valence-electron chi connectivity index (χ0n) is 15.1. The van der Waals surface area contributed by atoms with E-state index in [-0.39, 0.29) is 16.9 Å². The van der Waals surface area contributed by atoms with Crippen LogP contribution in [0, 0.1) is 0 Å². The number of benzene rings is 1. The zero-order chi connectivity index (χ0) is 19.0. The number of hydrogen-bond donors (Lipinski definition) is 1. The van der Waals surface area contributed by atoms with Crippen molar-refractivity contribution in [1.29, 1.82) is 0 Å². The van der Waals surface area contributed by atoms with Gasteiger partial charge in [-0.25, -0.2) is 9.97 Å². The fourth-order valence-electron chi connectivity index (χ4n) is 3.27. The molecule has 1 N–H and O–H groups in total. The molecule has 2 aromatic heterocycles. The monoisotopic (exact) mass is 397 g/mol. The van der Waals surface area contributed by atoms with Gasteiger partial charge in [-0.05, 0) is 50.8 Å². The average Bonchev–Trinajstić information content (AvgIpc) is 3.23. The van der Waals surface area contributed by atoms with Gasteiger partial charge in [0.2, 0.25) is 5.91 Å². The Kier molecular flexibility index (Phi) is 4.97. The van der Waals surface area contributed by atoms with Crippen molar-refractivity contribution in [1.82, 2.24) is 9.97 Å². The van der Waals surface area contributed by atoms with Crippen LogP contribution in [0.4, 0.5) is 5.69 Å². The normalized spacial score (nSPS) is 14.1. The molecule has 0 saturated heterocycles. The number of amides is 1. The number of Topliss-reactive ketones (excluding diaryl/α,β-unsaturated/α-hetero) is 1. The Morgan fingerprint density at radius 1 is 1.26 bits per heavy atom. The Morgan fingerprint density at radius 2 is 2.11 bits per heavy atom. The highest BCUT2D eigenvalue weighted by molar-refractivity contribution is 8.00. The van der Waals surface area contributed by atoms with Crippen LogP contribution in [0.15, 0.2) is 35.6 Å². The first-order chi connectivity index (χ1) is 13.0. The molecule has 7 heteroatoms. The molecule has 3 aromatic rings. The second kappa shape index (κ2) is 7.40. The summed E-state index contributed by atoms with van der Waals surface area (Å²) in [7, 11) is 0. The van der Waals surface area contributed by atoms with Crippen molar-refractivity contribution in [3.05, 3.63) is 46.6 Å². The molecule has 5 nitrogen and oxygen atoms in total. The van der Waals surface area contributed by atoms with Crippen molar-refractivity contribution >= 4 is 50.7 Å². The van der Waals surface area contributed by atoms with Gasteiger partial charge in [-0.3, -0.25) is 9.59 Å². The molecule has 0 radical (unpaired) electrons. The van der Waals surface area contributed by atoms with Gasteiger partial charge in [0.25, 0.3) is 0 Å². The summed E-state index contributed by atoms with van der Waals surface area (Å²) in [6, 6.07) is 7.00. The van der Waals surface area contributed by atoms with Crippen LogP contribution >= 0.6 is 23.1 Å². The lowest BCUT2D eigenvalue weighted by Crippen LogP contribution is -2.22. The van der Waals surface area contributed by atoms with Crippen LogP contribution in [0.2, 0.25) is 0 Å². The minimum atomic E-state index is -0.318. The number of ketones is 1. The highest BCUT2D eigenvalue weighted by Gasteiger charge is 2.24. The van der Waals surface area contributed by atoms with Gasteiger partial charge in [-0.15, -0.1) is 11.3 Å². The lowest BCUT2D eigenvalue weighted by atomic mass is 10.1. The SMILES string of the molecule is CC(=O)c1cccc(NC(=O)C(C)Sc2ncnc3sc4c(c23)CCC4)c1. The van der Waals surface area contributed by atoms with E-state index in [2.05, 4.69) is 15.3 Å². The van der Waals surface area contributed by atoms with Crippen molar-refractivity contribution in [3.8, 4) is 0 Å². The smallest absolute Gasteiger partial charge is 0.237 e. The summed E-state index contributed by atoms with van der Waals surface area (Å²) >= 11 is 3.20. The van der Waals surface area contributed by atoms with Gasteiger partial charge in [-0.2, -0.15) is 0 Å². The molecule has 0 spiro atoms. The molecule has 1 aliphatic rings. The van der Waals surface area contributed by atoms with Gasteiger partial charge in [0.15, 0.2) is 5.78 Å². The molecule has 4 rings (SSSR count). The van der Waals surface area contributed by atoms with Crippen molar-refractivity contribution in [3.63, 3.8) is 0 Å². The molecule has 1 unspecified atom stereocenters. The molecule has 0 saturated carbocycles. The van der Waals surface area contributed by atoms with Gasteiger partial charge >= 0.3 is 0 Å². The number of aromatic nitrogens is 2. The molecule has 0 bridgehead atoms. The van der Waals surface area contributed by atoms with E-state index in [0.29, 0.717) is 11.3 Å². The van der Waals surface area contributed by atoms with E-state index in [1.807, 2.05) is 6.92 Å². The summed E-state index contributed by atoms with van der Waals surface area (Å²) < 4.78 is 0. The molecule has 1 aromatic carbocycles. The zero-order valence-corrected chi connectivity index (χ0v) is 16.7. The average molecular weight is 398 g/mol. The maximum Gasteiger partial charge on any atom is 0.237 e. The van der Waals surface area contributed by atoms with Crippen molar-refractivity contribution < 1.29 is 9.59 Å². The number of carbonyl (C=O) groups excluding carboxylic acids is 2. The topological polar surface area (TPSA) is 72.0 Å². The maximum absolute atomic E-state index is 12.6. The van der Waals surface area contributed by atoms with Crippen molar-refractivity contribution in [2.45, 2.75) is 43.4 Å². The van der Waals surface area contributed by atoms with Crippen LogP contribution in [0.1, 0.15) is 41.1 Å². The van der Waals surface area contributed by atoms with E-state index in [9.17, 15) is 9.59 Å². The largest absolute Gasteiger partial charge is 0.325 e. The number of thiophene rings is 1. The van der Waals surface area contributed by atoms with Crippen LogP contribution in [0.3, 0.4) is 0 Å². The highest BCUT2D eigenvalue weighted by Crippen LogP contribution is 2.40. The highest BCUT2D eigenvalue weighted by atomic mass is 32.2. The quantitative estimate of drug-likeness (QED) is 0.390. The number of aryl methyl sites for hydroxylation is 2. The van der Waals surface area contributed by atoms with Gasteiger partial charge in [-0.1, -0.05) is 23.9 Å². The fourth-order valence-corrected chi connectivity index (χ4v) is 5.51. The van der Waals surface area contributed by atoms with Crippen LogP contribution in [-0.4, -0.2) is 26.9 Å². The molecular weight excluding hydrogens is 378 g/mol. The number of anilines is 1. The second-order valence-electron chi connectivity index (χ2n) is 6.60. The third kappa shape index (κ3) is 3.61. The summed E-state index contributed by atoms with van der Waals surface area (Å²) in [5, 5.41) is 4.58. The van der Waals surface area contributed by atoms with Crippen LogP contribution in [0.5, 0.6) is 0 Å². The van der Waals surface area contributed by atoms with Gasteiger partial charge in [0.05, 0.1) is 5.25 Å². The number of nitrogens with one attached hydrogen (secondary N) is 1. The first-order valence-corrected chi connectivity index (χ1v) is 10.6. The molecule has 138 valence electrons. The van der Waals surface area contributed by atoms with Crippen molar-refractivity contribution in [2.24, 2.45) is 0 Å². The molecule has 2 heterocycles. The number of hydrogen-bond acceptors (Lipinski definition) is 6. The van der Waals surface area contributed by atoms with E-state index in [0.717, 1.165) is 28.1 Å². The summed E-state index contributed by atoms with van der Waals surface area (Å²) in [6.07, 6.45) is 4.94. The summed E-state index contributed by atoms with van der Waals surface area (Å²) in [6.45, 7) is 3.38. The van der Waals surface area contributed by atoms with Gasteiger partial charge in [0, 0.05) is 21.5 Å². The minimum absolute atomic E-state index is 0.0248. The summed E-state index contributed by atoms with van der Waals surface area (Å²) in [4.78, 5) is 35.5. The number of nitrogens with zero attached hydrogens (tertiary/aromatic N) is 2. The Morgan fingerprint density at radius 3 is 2.93 bits per heavy atom. The second-order valence-corrected chi connectivity index (χ2v) is 9.02. The predicted molar refractivity (Wildman–Crippen MR) is 110 cm³/mol. The van der Waals surface area contributed by atoms with E-state index >= 15 is 0 Å². The summed E-state index contributed by atoms with van der Waals surface area (Å²) in [5.74, 6) is -0.137. The Balaban J connectivity index is 1.53. The number of fused-ring (bicyclic) bond motifs is 3. The molecule has 27 heavy (non-hydrogen) atoms. The van der Waals surface area contributed by atoms with Crippen LogP contribution in [-0.2, 0) is 17.6 Å². The van der Waals surface area contributed by atoms with E-state index in [4.69, 9.17) is 0 Å². The molecule has 1 atom stereocenters. The van der Waals surface area contributed by atoms with E-state index < -0.39 is 0 Å². The van der Waals surface area contributed by atoms with E-state index in [1.54, 1.807) is 41.9 Å². The first kappa shape index (κ1) is 18.1. The van der Waals surface area contributed by atoms with Crippen LogP contribution < -0.4 is 5.32 Å². The van der Waals surface area contributed by atoms with Crippen LogP contribution in [0.25, 0.3) is 10.2 Å². The third-order valence-electron chi connectivity index (χ3n) is 4.66. The molecule has 0 aliphatic heterocycles. The lowest BCUT2D eigenvalue weighted by Gasteiger charge is -2.13. The molecule has 0 fully saturated rings. The number of thioether (sulfide) groups is 1. The molecular formula is C20H19N3O2S2. The number of rotatable bonds is 5. The molecule has 1 aliphatic carbocycles. The molecule has 1 amide bonds. The van der Waals surface area contributed by atoms with E-state index in [1.165, 1.54) is 35.5 Å². The Bertz CT molecular complexity index is 1040. The maximum atomic E-state index is 12.6. The van der Waals surface area contributed by atoms with Gasteiger partial charge in [0.1, 0.15) is 16.2 Å². The predicted octanol–water partition coefficient (Wildman–Crippen LogP) is 4.50.